The van der Waals surface area contributed by atoms with E-state index in [9.17, 15) is 14.7 Å². The Kier molecular flexibility index (Phi) is 3.55. The van der Waals surface area contributed by atoms with Crippen molar-refractivity contribution in [3.05, 3.63) is 66.3 Å². The Morgan fingerprint density at radius 3 is 2.58 bits per heavy atom. The second-order valence-electron chi connectivity index (χ2n) is 10.6. The maximum Gasteiger partial charge on any atom is 0.309 e. The van der Waals surface area contributed by atoms with Gasteiger partial charge in [0.15, 0.2) is 5.78 Å². The molecule has 0 amide bonds. The molecule has 166 valence electrons. The smallest absolute Gasteiger partial charge is 0.309 e. The number of hydrogen-bond donors (Lipinski definition) is 1. The molecular weight excluding hydrogens is 416 g/mol. The average Bonchev–Trinajstić information content (AvgIpc) is 3.19. The highest BCUT2D eigenvalue weighted by molar-refractivity contribution is 6.07. The summed E-state index contributed by atoms with van der Waals surface area (Å²) >= 11 is 0. The van der Waals surface area contributed by atoms with E-state index in [-0.39, 0.29) is 16.6 Å². The molecule has 0 atom stereocenters. The lowest BCUT2D eigenvalue weighted by molar-refractivity contribution is -0.248. The number of pyridine rings is 1. The topological polar surface area (TPSA) is 85.3 Å². The molecule has 33 heavy (non-hydrogen) atoms. The number of fused-ring (bicyclic) bond motifs is 2. The van der Waals surface area contributed by atoms with E-state index in [1.54, 1.807) is 12.4 Å². The normalized spacial score (nSPS) is 26.7. The summed E-state index contributed by atoms with van der Waals surface area (Å²) in [5.74, 6) is 0.295. The first-order valence-corrected chi connectivity index (χ1v) is 11.6. The van der Waals surface area contributed by atoms with Crippen LogP contribution in [0.5, 0.6) is 0 Å². The van der Waals surface area contributed by atoms with E-state index in [4.69, 9.17) is 4.42 Å². The highest BCUT2D eigenvalue weighted by Gasteiger charge is 2.80. The Bertz CT molecular complexity index is 1420. The van der Waals surface area contributed by atoms with Gasteiger partial charge in [-0.05, 0) is 61.1 Å². The van der Waals surface area contributed by atoms with E-state index in [0.717, 1.165) is 59.7 Å². The van der Waals surface area contributed by atoms with Gasteiger partial charge in [0.1, 0.15) is 11.3 Å². The van der Waals surface area contributed by atoms with E-state index in [0.29, 0.717) is 18.5 Å². The van der Waals surface area contributed by atoms with Crippen molar-refractivity contribution in [3.63, 3.8) is 0 Å². The van der Waals surface area contributed by atoms with Gasteiger partial charge in [0.05, 0.1) is 23.0 Å². The first-order valence-electron chi connectivity index (χ1n) is 11.6. The van der Waals surface area contributed by atoms with Crippen LogP contribution in [-0.2, 0) is 11.3 Å². The molecule has 6 heteroatoms. The number of ketones is 1. The van der Waals surface area contributed by atoms with Crippen LogP contribution in [0.1, 0.15) is 54.6 Å². The maximum atomic E-state index is 13.6. The molecule has 0 radical (unpaired) electrons. The summed E-state index contributed by atoms with van der Waals surface area (Å²) in [4.78, 5) is 29.5. The maximum absolute atomic E-state index is 13.6. The molecule has 0 aliphatic heterocycles. The minimum absolute atomic E-state index is 0.0143. The van der Waals surface area contributed by atoms with Gasteiger partial charge in [0.25, 0.3) is 0 Å². The first-order chi connectivity index (χ1) is 15.9. The zero-order valence-corrected chi connectivity index (χ0v) is 18.2. The number of hydrogen-bond acceptors (Lipinski definition) is 4. The van der Waals surface area contributed by atoms with Crippen LogP contribution in [0.2, 0.25) is 0 Å². The number of carbonyl (C=O) groups excluding carboxylic acids is 1. The summed E-state index contributed by atoms with van der Waals surface area (Å²) in [5, 5.41) is 11.5. The molecule has 3 aromatic heterocycles. The second-order valence-corrected chi connectivity index (χ2v) is 10.6. The lowest BCUT2D eigenvalue weighted by atomic mass is 9.30. The van der Waals surface area contributed by atoms with Crippen molar-refractivity contribution < 1.29 is 19.1 Å². The van der Waals surface area contributed by atoms with Crippen LogP contribution >= 0.6 is 0 Å². The van der Waals surface area contributed by atoms with Crippen molar-refractivity contribution in [3.8, 4) is 0 Å². The number of carbonyl (C=O) groups is 2. The predicted octanol–water partition coefficient (Wildman–Crippen LogP) is 5.44. The Labute approximate surface area is 190 Å². The van der Waals surface area contributed by atoms with Crippen molar-refractivity contribution in [1.82, 2.24) is 9.55 Å². The molecule has 4 saturated carbocycles. The van der Waals surface area contributed by atoms with Crippen LogP contribution in [0.4, 0.5) is 0 Å². The largest absolute Gasteiger partial charge is 0.481 e. The van der Waals surface area contributed by atoms with Crippen molar-refractivity contribution in [2.45, 2.75) is 45.1 Å². The van der Waals surface area contributed by atoms with E-state index < -0.39 is 11.4 Å². The quantitative estimate of drug-likeness (QED) is 0.387. The molecule has 1 aromatic carbocycles. The van der Waals surface area contributed by atoms with Gasteiger partial charge in [-0.15, -0.1) is 0 Å². The SMILES string of the molecule is O=C(CC1(C23CC(C(=O)O)(C2)C3)CC1)c1cncc2ccn(Cc3cc4ccccc4o3)c12. The molecule has 8 rings (SSSR count). The van der Waals surface area contributed by atoms with Gasteiger partial charge in [-0.25, -0.2) is 0 Å². The number of aliphatic carboxylic acids is 1. The molecule has 4 aliphatic rings. The van der Waals surface area contributed by atoms with Crippen molar-refractivity contribution in [2.24, 2.45) is 16.2 Å². The number of benzene rings is 1. The molecule has 6 nitrogen and oxygen atoms in total. The highest BCUT2D eigenvalue weighted by atomic mass is 16.4. The van der Waals surface area contributed by atoms with E-state index in [2.05, 4.69) is 9.55 Å². The van der Waals surface area contributed by atoms with Gasteiger partial charge < -0.3 is 14.1 Å². The van der Waals surface area contributed by atoms with E-state index in [1.165, 1.54) is 0 Å². The number of rotatable bonds is 7. The number of Topliss-reactive ketones (excluding diaryl/α,β-unsaturated/α-hetero) is 1. The minimum Gasteiger partial charge on any atom is -0.481 e. The summed E-state index contributed by atoms with van der Waals surface area (Å²) < 4.78 is 8.08. The minimum atomic E-state index is -0.663. The lowest BCUT2D eigenvalue weighted by Gasteiger charge is -2.72. The van der Waals surface area contributed by atoms with Gasteiger partial charge in [-0.2, -0.15) is 0 Å². The molecule has 1 N–H and O–H groups in total. The van der Waals surface area contributed by atoms with Gasteiger partial charge in [0.2, 0.25) is 0 Å². The molecule has 2 bridgehead atoms. The Balaban J connectivity index is 1.18. The van der Waals surface area contributed by atoms with Crippen LogP contribution in [0.15, 0.2) is 59.4 Å². The van der Waals surface area contributed by atoms with Crippen LogP contribution in [0.3, 0.4) is 0 Å². The van der Waals surface area contributed by atoms with Crippen LogP contribution in [0.25, 0.3) is 21.9 Å². The molecule has 0 unspecified atom stereocenters. The third-order valence-electron chi connectivity index (χ3n) is 8.73. The first kappa shape index (κ1) is 19.1. The number of furan rings is 1. The zero-order valence-electron chi connectivity index (χ0n) is 18.2. The molecule has 4 aromatic rings. The van der Waals surface area contributed by atoms with Crippen molar-refractivity contribution >= 4 is 33.6 Å². The highest BCUT2D eigenvalue weighted by Crippen LogP contribution is 2.85. The Morgan fingerprint density at radius 1 is 1.06 bits per heavy atom. The number of carboxylic acids is 1. The molecular formula is C27H24N2O4. The average molecular weight is 440 g/mol. The number of nitrogens with zero attached hydrogens (tertiary/aromatic N) is 2. The zero-order chi connectivity index (χ0) is 22.4. The van der Waals surface area contributed by atoms with Crippen LogP contribution in [0, 0.1) is 16.2 Å². The van der Waals surface area contributed by atoms with Crippen molar-refractivity contribution in [1.29, 1.82) is 0 Å². The molecule has 0 saturated heterocycles. The molecule has 4 aliphatic carbocycles. The van der Waals surface area contributed by atoms with Crippen LogP contribution in [-0.4, -0.2) is 26.4 Å². The van der Waals surface area contributed by atoms with E-state index in [1.807, 2.05) is 42.6 Å². The lowest BCUT2D eigenvalue weighted by Crippen LogP contribution is -2.69. The second kappa shape index (κ2) is 6.13. The van der Waals surface area contributed by atoms with Crippen LogP contribution < -0.4 is 0 Å². The fourth-order valence-corrected chi connectivity index (χ4v) is 6.80. The fourth-order valence-electron chi connectivity index (χ4n) is 6.80. The summed E-state index contributed by atoms with van der Waals surface area (Å²) in [6, 6.07) is 12.0. The Morgan fingerprint density at radius 2 is 1.85 bits per heavy atom. The third kappa shape index (κ3) is 2.52. The molecule has 4 fully saturated rings. The fraction of sp³-hybridized carbons (Fsp3) is 0.370. The monoisotopic (exact) mass is 440 g/mol. The van der Waals surface area contributed by atoms with Crippen molar-refractivity contribution in [2.75, 3.05) is 0 Å². The van der Waals surface area contributed by atoms with Gasteiger partial charge in [-0.3, -0.25) is 14.6 Å². The van der Waals surface area contributed by atoms with E-state index >= 15 is 0 Å². The van der Waals surface area contributed by atoms with Gasteiger partial charge in [0, 0.05) is 35.8 Å². The van der Waals surface area contributed by atoms with Gasteiger partial charge in [-0.1, -0.05) is 18.2 Å². The van der Waals surface area contributed by atoms with Gasteiger partial charge >= 0.3 is 5.97 Å². The summed E-state index contributed by atoms with van der Waals surface area (Å²) in [5.41, 5.74) is 1.96. The molecule has 3 heterocycles. The number of carboxylic acid groups (broad SMARTS) is 1. The summed E-state index contributed by atoms with van der Waals surface area (Å²) in [6.45, 7) is 0.540. The summed E-state index contributed by atoms with van der Waals surface area (Å²) in [6.07, 6.45) is 10.2. The number of aromatic nitrogens is 2. The predicted molar refractivity (Wildman–Crippen MR) is 122 cm³/mol. The molecule has 0 spiro atoms. The number of para-hydroxylation sites is 1. The summed E-state index contributed by atoms with van der Waals surface area (Å²) in [7, 11) is 0. The standard InChI is InChI=1S/C27H24N2O4/c30-21(10-26(6-7-26)27-14-25(15-27,16-27)24(31)32)20-12-28-11-18-5-8-29(23(18)20)13-19-9-17-3-1-2-4-22(17)33-19/h1-5,8-9,11-12H,6-7,10,13-16H2,(H,31,32). The third-order valence-corrected chi connectivity index (χ3v) is 8.73. The Hall–Kier alpha value is -3.41.